The van der Waals surface area contributed by atoms with Crippen molar-refractivity contribution in [3.63, 3.8) is 0 Å². The second-order valence-electron chi connectivity index (χ2n) is 9.14. The molecule has 3 aromatic rings. The number of amides is 2. The fourth-order valence-electron chi connectivity index (χ4n) is 4.69. The maximum atomic E-state index is 13.8. The minimum Gasteiger partial charge on any atom is -0.352 e. The summed E-state index contributed by atoms with van der Waals surface area (Å²) in [6, 6.07) is 4.79. The number of hydrogen-bond acceptors (Lipinski definition) is 6. The van der Waals surface area contributed by atoms with Gasteiger partial charge in [-0.15, -0.1) is 11.3 Å². The predicted octanol–water partition coefficient (Wildman–Crippen LogP) is 5.26. The summed E-state index contributed by atoms with van der Waals surface area (Å²) in [5.41, 5.74) is 1.38. The van der Waals surface area contributed by atoms with Gasteiger partial charge in [0, 0.05) is 36.4 Å². The number of thiophene rings is 1. The number of rotatable bonds is 4. The number of aromatic nitrogens is 2. The average Bonchev–Trinajstić information content (AvgIpc) is 3.32. The molecule has 0 bridgehead atoms. The van der Waals surface area contributed by atoms with Crippen LogP contribution in [0.2, 0.25) is 0 Å². The van der Waals surface area contributed by atoms with Crippen molar-refractivity contribution in [2.24, 2.45) is 0 Å². The second kappa shape index (κ2) is 9.81. The maximum Gasteiger partial charge on any atom is 0.471 e. The smallest absolute Gasteiger partial charge is 0.352 e. The molecule has 0 saturated carbocycles. The highest BCUT2D eigenvalue weighted by atomic mass is 32.1. The minimum atomic E-state index is -4.96. The summed E-state index contributed by atoms with van der Waals surface area (Å²) in [7, 11) is 0. The second-order valence-corrected chi connectivity index (χ2v) is 10.3. The molecule has 39 heavy (non-hydrogen) atoms. The van der Waals surface area contributed by atoms with E-state index in [2.05, 4.69) is 20.6 Å². The molecule has 0 spiro atoms. The van der Waals surface area contributed by atoms with Crippen LogP contribution in [0.1, 0.15) is 44.4 Å². The van der Waals surface area contributed by atoms with Gasteiger partial charge in [-0.25, -0.2) is 9.97 Å². The number of benzene rings is 1. The summed E-state index contributed by atoms with van der Waals surface area (Å²) in [4.78, 5) is 33.5. The number of nitrogens with zero attached hydrogens (tertiary/aromatic N) is 3. The number of carbonyl (C=O) groups is 2. The molecule has 206 valence electrons. The first-order valence-electron chi connectivity index (χ1n) is 12.0. The summed E-state index contributed by atoms with van der Waals surface area (Å²) in [6.07, 6.45) is -7.88. The van der Waals surface area contributed by atoms with Crippen LogP contribution in [0.25, 0.3) is 10.6 Å². The van der Waals surface area contributed by atoms with Crippen molar-refractivity contribution in [3.8, 4) is 10.6 Å². The number of fused-ring (bicyclic) bond motifs is 2. The predicted molar refractivity (Wildman–Crippen MR) is 131 cm³/mol. The maximum absolute atomic E-state index is 13.8. The van der Waals surface area contributed by atoms with Crippen molar-refractivity contribution in [1.82, 2.24) is 20.2 Å². The van der Waals surface area contributed by atoms with Crippen molar-refractivity contribution < 1.29 is 35.9 Å². The molecule has 2 N–H and O–H groups in total. The molecule has 5 rings (SSSR count). The molecule has 2 aliphatic rings. The highest BCUT2D eigenvalue weighted by molar-refractivity contribution is 7.15. The molecule has 0 fully saturated rings. The van der Waals surface area contributed by atoms with Gasteiger partial charge >= 0.3 is 18.3 Å². The van der Waals surface area contributed by atoms with Gasteiger partial charge in [-0.1, -0.05) is 13.0 Å². The fourth-order valence-corrected chi connectivity index (χ4v) is 5.85. The summed E-state index contributed by atoms with van der Waals surface area (Å²) in [5.74, 6) is -2.35. The number of hydrogen-bond donors (Lipinski definition) is 2. The number of anilines is 2. The van der Waals surface area contributed by atoms with Crippen LogP contribution in [0, 0.1) is 0 Å². The first kappa shape index (κ1) is 26.9. The lowest BCUT2D eigenvalue weighted by atomic mass is 9.95. The number of halogens is 6. The molecule has 1 aromatic carbocycles. The Hall–Kier alpha value is -3.68. The third-order valence-electron chi connectivity index (χ3n) is 6.61. The highest BCUT2D eigenvalue weighted by Gasteiger charge is 2.43. The zero-order valence-corrected chi connectivity index (χ0v) is 21.2. The molecule has 2 aliphatic heterocycles. The van der Waals surface area contributed by atoms with Crippen LogP contribution in [0.3, 0.4) is 0 Å². The quantitative estimate of drug-likeness (QED) is 0.419. The van der Waals surface area contributed by atoms with Crippen LogP contribution in [0.5, 0.6) is 0 Å². The average molecular weight is 570 g/mol. The Morgan fingerprint density at radius 1 is 1.13 bits per heavy atom. The molecule has 0 aliphatic carbocycles. The zero-order chi connectivity index (χ0) is 28.1. The summed E-state index contributed by atoms with van der Waals surface area (Å²) in [5, 5.41) is 5.64. The van der Waals surface area contributed by atoms with Gasteiger partial charge in [-0.3, -0.25) is 9.59 Å². The summed E-state index contributed by atoms with van der Waals surface area (Å²) in [6.45, 7) is 1.90. The molecule has 0 atom stereocenters. The first-order valence-corrected chi connectivity index (χ1v) is 12.8. The normalized spacial score (nSPS) is 15.5. The summed E-state index contributed by atoms with van der Waals surface area (Å²) < 4.78 is 80.2. The van der Waals surface area contributed by atoms with E-state index in [0.717, 1.165) is 16.2 Å². The molecule has 2 aromatic heterocycles. The van der Waals surface area contributed by atoms with Gasteiger partial charge in [0.2, 0.25) is 5.95 Å². The van der Waals surface area contributed by atoms with Gasteiger partial charge < -0.3 is 15.5 Å². The molecule has 4 heterocycles. The van der Waals surface area contributed by atoms with Gasteiger partial charge in [-0.05, 0) is 48.1 Å². The zero-order valence-electron chi connectivity index (χ0n) is 20.4. The lowest BCUT2D eigenvalue weighted by Crippen LogP contribution is -2.43. The standard InChI is InChI=1S/C25H21F6N5O2S/c1-2-12-7-14-11-36(22(38)25(29,30)31)6-4-13(14)8-17(12)34-23-33-10-16(24(26,27)28)20(35-23)19-9-15-18(39-19)3-5-32-21(15)37/h7-10H,2-6,11H2,1H3,(H,32,37)(H,33,34,35). The van der Waals surface area contributed by atoms with Crippen LogP contribution in [0.4, 0.5) is 38.0 Å². The van der Waals surface area contributed by atoms with Gasteiger partial charge in [-0.2, -0.15) is 26.3 Å². The van der Waals surface area contributed by atoms with Crippen molar-refractivity contribution in [2.75, 3.05) is 18.4 Å². The van der Waals surface area contributed by atoms with Crippen LogP contribution < -0.4 is 10.6 Å². The molecule has 0 radical (unpaired) electrons. The first-order chi connectivity index (χ1) is 18.3. The monoisotopic (exact) mass is 569 g/mol. The molecular formula is C25H21F6N5O2S. The van der Waals surface area contributed by atoms with Crippen LogP contribution in [0.15, 0.2) is 24.4 Å². The number of nitrogens with one attached hydrogen (secondary N) is 2. The van der Waals surface area contributed by atoms with E-state index in [9.17, 15) is 35.9 Å². The van der Waals surface area contributed by atoms with Crippen LogP contribution in [-0.2, 0) is 36.8 Å². The van der Waals surface area contributed by atoms with Gasteiger partial charge in [0.1, 0.15) is 5.56 Å². The van der Waals surface area contributed by atoms with Crippen molar-refractivity contribution >= 4 is 34.8 Å². The molecule has 0 saturated heterocycles. The van der Waals surface area contributed by atoms with Gasteiger partial charge in [0.15, 0.2) is 0 Å². The Balaban J connectivity index is 1.49. The van der Waals surface area contributed by atoms with E-state index in [4.69, 9.17) is 0 Å². The number of carbonyl (C=O) groups excluding carboxylic acids is 2. The molecule has 0 unspecified atom stereocenters. The third kappa shape index (κ3) is 5.29. The fraction of sp³-hybridized carbons (Fsp3) is 0.360. The third-order valence-corrected chi connectivity index (χ3v) is 7.82. The Morgan fingerprint density at radius 3 is 2.56 bits per heavy atom. The Morgan fingerprint density at radius 2 is 1.90 bits per heavy atom. The molecular weight excluding hydrogens is 548 g/mol. The van der Waals surface area contributed by atoms with Gasteiger partial charge in [0.05, 0.1) is 16.1 Å². The van der Waals surface area contributed by atoms with Crippen LogP contribution in [-0.4, -0.2) is 45.9 Å². The van der Waals surface area contributed by atoms with E-state index >= 15 is 0 Å². The molecule has 7 nitrogen and oxygen atoms in total. The largest absolute Gasteiger partial charge is 0.471 e. The Kier molecular flexibility index (Phi) is 6.77. The van der Waals surface area contributed by atoms with E-state index < -0.39 is 23.8 Å². The van der Waals surface area contributed by atoms with Crippen LogP contribution >= 0.6 is 11.3 Å². The molecule has 14 heteroatoms. The van der Waals surface area contributed by atoms with Crippen molar-refractivity contribution in [2.45, 2.75) is 45.1 Å². The minimum absolute atomic E-state index is 0.104. The van der Waals surface area contributed by atoms with E-state index in [1.165, 1.54) is 6.07 Å². The Labute approximate surface area is 222 Å². The number of aryl methyl sites for hydroxylation is 1. The lowest BCUT2D eigenvalue weighted by molar-refractivity contribution is -0.186. The highest BCUT2D eigenvalue weighted by Crippen LogP contribution is 2.41. The van der Waals surface area contributed by atoms with Crippen molar-refractivity contribution in [1.29, 1.82) is 0 Å². The number of alkyl halides is 6. The topological polar surface area (TPSA) is 87.2 Å². The van der Waals surface area contributed by atoms with E-state index in [-0.39, 0.29) is 41.9 Å². The van der Waals surface area contributed by atoms with E-state index in [0.29, 0.717) is 58.4 Å². The van der Waals surface area contributed by atoms with E-state index in [1.54, 1.807) is 12.1 Å². The van der Waals surface area contributed by atoms with E-state index in [1.807, 2.05) is 6.92 Å². The van der Waals surface area contributed by atoms with Crippen molar-refractivity contribution in [3.05, 3.63) is 57.1 Å². The summed E-state index contributed by atoms with van der Waals surface area (Å²) >= 11 is 1.08. The SMILES string of the molecule is CCc1cc2c(cc1Nc1ncc(C(F)(F)F)c(-c3cc4c(s3)CCNC4=O)n1)CCN(C(=O)C(F)(F)F)C2. The Bertz CT molecular complexity index is 1470. The molecule has 2 amide bonds. The lowest BCUT2D eigenvalue weighted by Gasteiger charge is -2.30. The van der Waals surface area contributed by atoms with Gasteiger partial charge in [0.25, 0.3) is 5.91 Å².